The molecule has 0 spiro atoms. The number of anilines is 1. The first-order valence-electron chi connectivity index (χ1n) is 6.77. The van der Waals surface area contributed by atoms with Crippen LogP contribution in [0.25, 0.3) is 0 Å². The molecule has 2 atom stereocenters. The van der Waals surface area contributed by atoms with Crippen molar-refractivity contribution >= 4 is 31.8 Å². The van der Waals surface area contributed by atoms with E-state index in [1.807, 2.05) is 0 Å². The third-order valence-corrected chi connectivity index (χ3v) is 6.60. The zero-order valence-electron chi connectivity index (χ0n) is 11.2. The summed E-state index contributed by atoms with van der Waals surface area (Å²) in [5.74, 6) is 5.51. The van der Waals surface area contributed by atoms with Crippen LogP contribution >= 0.6 is 15.9 Å². The normalized spacial score (nSPS) is 29.6. The number of halogens is 1. The first-order chi connectivity index (χ1) is 9.93. The molecule has 2 bridgehead atoms. The topological polar surface area (TPSA) is 109 Å². The number of pyridine rings is 1. The molecular weight excluding hydrogens is 360 g/mol. The number of fused-ring (bicyclic) bond motifs is 2. The molecule has 2 unspecified atom stereocenters. The molecule has 1 aromatic heterocycles. The molecule has 0 amide bonds. The summed E-state index contributed by atoms with van der Waals surface area (Å²) >= 11 is 3.24. The Hall–Kier alpha value is -0.740. The average molecular weight is 377 g/mol. The van der Waals surface area contributed by atoms with E-state index in [-0.39, 0.29) is 22.8 Å². The summed E-state index contributed by atoms with van der Waals surface area (Å²) in [5, 5.41) is 9.82. The number of nitrogen functional groups attached to an aromatic ring is 1. The van der Waals surface area contributed by atoms with Crippen LogP contribution in [-0.2, 0) is 10.0 Å². The molecule has 0 aromatic carbocycles. The maximum Gasteiger partial charge on any atom is 0.247 e. The van der Waals surface area contributed by atoms with Gasteiger partial charge in [-0.05, 0) is 47.7 Å². The molecule has 2 aliphatic rings. The number of aromatic nitrogens is 1. The van der Waals surface area contributed by atoms with Gasteiger partial charge in [0.2, 0.25) is 10.0 Å². The molecular formula is C12H17BrN4O3S. The monoisotopic (exact) mass is 376 g/mol. The fourth-order valence-electron chi connectivity index (χ4n) is 3.34. The van der Waals surface area contributed by atoms with Crippen molar-refractivity contribution < 1.29 is 13.5 Å². The smallest absolute Gasteiger partial charge is 0.247 e. The Balaban J connectivity index is 2.04. The lowest BCUT2D eigenvalue weighted by Gasteiger charge is -2.36. The average Bonchev–Trinajstić information content (AvgIpc) is 2.72. The summed E-state index contributed by atoms with van der Waals surface area (Å²) in [5.41, 5.74) is 2.34. The molecule has 0 aliphatic carbocycles. The largest absolute Gasteiger partial charge is 0.393 e. The Kier molecular flexibility index (Phi) is 3.95. The predicted molar refractivity (Wildman–Crippen MR) is 80.8 cm³/mol. The van der Waals surface area contributed by atoms with Crippen molar-refractivity contribution in [3.8, 4) is 0 Å². The van der Waals surface area contributed by atoms with E-state index in [4.69, 9.17) is 5.84 Å². The highest BCUT2D eigenvalue weighted by atomic mass is 79.9. The first-order valence-corrected chi connectivity index (χ1v) is 9.00. The van der Waals surface area contributed by atoms with Crippen LogP contribution in [0, 0.1) is 0 Å². The van der Waals surface area contributed by atoms with Gasteiger partial charge < -0.3 is 10.5 Å². The summed E-state index contributed by atoms with van der Waals surface area (Å²) < 4.78 is 28.1. The number of nitrogens with one attached hydrogen (secondary N) is 1. The van der Waals surface area contributed by atoms with Crippen LogP contribution in [0.3, 0.4) is 0 Å². The van der Waals surface area contributed by atoms with Crippen molar-refractivity contribution in [3.63, 3.8) is 0 Å². The summed E-state index contributed by atoms with van der Waals surface area (Å²) in [7, 11) is -3.70. The second-order valence-electron chi connectivity index (χ2n) is 5.49. The molecule has 2 fully saturated rings. The number of nitrogens with two attached hydrogens (primary N) is 1. The minimum Gasteiger partial charge on any atom is -0.393 e. The van der Waals surface area contributed by atoms with Crippen molar-refractivity contribution in [3.05, 3.63) is 16.7 Å². The molecule has 2 aliphatic heterocycles. The van der Waals surface area contributed by atoms with Gasteiger partial charge in [-0.15, -0.1) is 0 Å². The Morgan fingerprint density at radius 1 is 1.38 bits per heavy atom. The highest BCUT2D eigenvalue weighted by Gasteiger charge is 2.47. The fraction of sp³-hybridized carbons (Fsp3) is 0.583. The van der Waals surface area contributed by atoms with Crippen LogP contribution in [0.2, 0.25) is 0 Å². The molecule has 3 heterocycles. The van der Waals surface area contributed by atoms with Gasteiger partial charge in [0, 0.05) is 22.8 Å². The number of piperidine rings is 1. The molecule has 0 saturated carbocycles. The number of rotatable bonds is 3. The van der Waals surface area contributed by atoms with Crippen LogP contribution in [0.1, 0.15) is 25.7 Å². The molecule has 3 rings (SSSR count). The van der Waals surface area contributed by atoms with E-state index in [1.54, 1.807) is 0 Å². The van der Waals surface area contributed by atoms with Gasteiger partial charge in [0.25, 0.3) is 0 Å². The Morgan fingerprint density at radius 2 is 2.00 bits per heavy atom. The molecule has 9 heteroatoms. The second kappa shape index (κ2) is 5.47. The van der Waals surface area contributed by atoms with Crippen molar-refractivity contribution in [1.29, 1.82) is 0 Å². The Bertz CT molecular complexity index is 640. The van der Waals surface area contributed by atoms with E-state index in [1.165, 1.54) is 16.6 Å². The standard InChI is InChI=1S/C12H17BrN4O3S/c13-7-3-11(12(16-14)15-6-7)21(19,20)17-8-1-2-9(17)5-10(18)4-8/h3,6,8-10,18H,1-2,4-5,14H2,(H,15,16). The van der Waals surface area contributed by atoms with E-state index in [2.05, 4.69) is 26.3 Å². The number of aliphatic hydroxyl groups excluding tert-OH is 1. The summed E-state index contributed by atoms with van der Waals surface area (Å²) in [6.45, 7) is 0. The number of hydrogen-bond donors (Lipinski definition) is 3. The molecule has 4 N–H and O–H groups in total. The highest BCUT2D eigenvalue weighted by molar-refractivity contribution is 9.10. The van der Waals surface area contributed by atoms with Gasteiger partial charge in [-0.3, -0.25) is 0 Å². The Morgan fingerprint density at radius 3 is 2.57 bits per heavy atom. The van der Waals surface area contributed by atoms with Crippen molar-refractivity contribution in [1.82, 2.24) is 9.29 Å². The molecule has 1 aromatic rings. The number of aliphatic hydroxyl groups is 1. The third-order valence-electron chi connectivity index (χ3n) is 4.15. The maximum atomic E-state index is 13.0. The first kappa shape index (κ1) is 15.2. The maximum absolute atomic E-state index is 13.0. The number of hydrogen-bond acceptors (Lipinski definition) is 6. The van der Waals surface area contributed by atoms with Crippen LogP contribution in [0.5, 0.6) is 0 Å². The fourth-order valence-corrected chi connectivity index (χ4v) is 5.85. The van der Waals surface area contributed by atoms with Gasteiger partial charge in [-0.25, -0.2) is 19.2 Å². The van der Waals surface area contributed by atoms with Gasteiger partial charge in [-0.2, -0.15) is 4.31 Å². The van der Waals surface area contributed by atoms with Gasteiger partial charge >= 0.3 is 0 Å². The number of hydrazine groups is 1. The zero-order valence-corrected chi connectivity index (χ0v) is 13.6. The second-order valence-corrected chi connectivity index (χ2v) is 8.22. The van der Waals surface area contributed by atoms with Gasteiger partial charge in [0.05, 0.1) is 6.10 Å². The van der Waals surface area contributed by atoms with E-state index < -0.39 is 16.1 Å². The number of nitrogens with zero attached hydrogens (tertiary/aromatic N) is 2. The van der Waals surface area contributed by atoms with Gasteiger partial charge in [-0.1, -0.05) is 0 Å². The quantitative estimate of drug-likeness (QED) is 0.531. The molecule has 7 nitrogen and oxygen atoms in total. The van der Waals surface area contributed by atoms with Crippen LogP contribution in [0.15, 0.2) is 21.6 Å². The summed E-state index contributed by atoms with van der Waals surface area (Å²) in [6, 6.07) is 1.21. The van der Waals surface area contributed by atoms with Crippen LogP contribution in [0.4, 0.5) is 5.82 Å². The van der Waals surface area contributed by atoms with E-state index in [0.29, 0.717) is 17.3 Å². The lowest BCUT2D eigenvalue weighted by atomic mass is 10.0. The number of sulfonamides is 1. The van der Waals surface area contributed by atoms with E-state index in [9.17, 15) is 13.5 Å². The lowest BCUT2D eigenvalue weighted by molar-refractivity contribution is 0.0769. The van der Waals surface area contributed by atoms with Crippen molar-refractivity contribution in [2.45, 2.75) is 48.8 Å². The predicted octanol–water partition coefficient (Wildman–Crippen LogP) is 0.806. The highest BCUT2D eigenvalue weighted by Crippen LogP contribution is 2.40. The zero-order chi connectivity index (χ0) is 15.2. The SMILES string of the molecule is NNc1ncc(Br)cc1S(=O)(=O)N1C2CCC1CC(O)C2. The van der Waals surface area contributed by atoms with Crippen LogP contribution in [-0.4, -0.2) is 41.0 Å². The van der Waals surface area contributed by atoms with E-state index >= 15 is 0 Å². The van der Waals surface area contributed by atoms with Crippen molar-refractivity contribution in [2.75, 3.05) is 5.43 Å². The molecule has 0 radical (unpaired) electrons. The Labute approximate surface area is 131 Å². The molecule has 21 heavy (non-hydrogen) atoms. The lowest BCUT2D eigenvalue weighted by Crippen LogP contribution is -2.48. The summed E-state index contributed by atoms with van der Waals surface area (Å²) in [4.78, 5) is 4.07. The van der Waals surface area contributed by atoms with Crippen molar-refractivity contribution in [2.24, 2.45) is 5.84 Å². The van der Waals surface area contributed by atoms with Gasteiger partial charge in [0.15, 0.2) is 5.82 Å². The molecule has 116 valence electrons. The van der Waals surface area contributed by atoms with E-state index in [0.717, 1.165) is 12.8 Å². The third kappa shape index (κ3) is 2.57. The molecule has 2 saturated heterocycles. The van der Waals surface area contributed by atoms with Gasteiger partial charge in [0.1, 0.15) is 4.90 Å². The minimum absolute atomic E-state index is 0.0627. The summed E-state index contributed by atoms with van der Waals surface area (Å²) in [6.07, 6.45) is 3.62. The minimum atomic E-state index is -3.70. The van der Waals surface area contributed by atoms with Crippen LogP contribution < -0.4 is 11.3 Å².